The zero-order valence-electron chi connectivity index (χ0n) is 14.6. The van der Waals surface area contributed by atoms with Crippen LogP contribution in [0.2, 0.25) is 0 Å². The van der Waals surface area contributed by atoms with Crippen LogP contribution >= 0.6 is 0 Å². The fourth-order valence-corrected chi connectivity index (χ4v) is 2.55. The van der Waals surface area contributed by atoms with Crippen molar-refractivity contribution in [2.75, 3.05) is 13.1 Å². The maximum atomic E-state index is 10.8. The molecule has 0 aliphatic rings. The molecular weight excluding hydrogens is 336 g/mol. The first kappa shape index (κ1) is 19.4. The van der Waals surface area contributed by atoms with Crippen molar-refractivity contribution in [1.29, 1.82) is 0 Å². The second-order valence-electron chi connectivity index (χ2n) is 6.19. The monoisotopic (exact) mass is 358 g/mol. The van der Waals surface area contributed by atoms with E-state index in [9.17, 15) is 14.9 Å². The Balaban J connectivity index is 1.82. The Labute approximate surface area is 151 Å². The molecule has 2 aromatic carbocycles. The molecule has 7 nitrogen and oxygen atoms in total. The minimum absolute atomic E-state index is 0.0330. The number of aliphatic carboxylic acids is 1. The summed E-state index contributed by atoms with van der Waals surface area (Å²) in [5.41, 5.74) is 1.92. The lowest BCUT2D eigenvalue weighted by molar-refractivity contribution is -0.384. The molecule has 0 amide bonds. The molecule has 2 N–H and O–H groups in total. The summed E-state index contributed by atoms with van der Waals surface area (Å²) >= 11 is 0. The van der Waals surface area contributed by atoms with E-state index >= 15 is 0 Å². The van der Waals surface area contributed by atoms with Gasteiger partial charge in [0.15, 0.2) is 0 Å². The van der Waals surface area contributed by atoms with Gasteiger partial charge in [-0.3, -0.25) is 14.9 Å². The number of carboxylic acids is 1. The molecule has 0 radical (unpaired) electrons. The number of nitrogens with one attached hydrogen (secondary N) is 1. The highest BCUT2D eigenvalue weighted by Crippen LogP contribution is 2.18. The summed E-state index contributed by atoms with van der Waals surface area (Å²) in [6.07, 6.45) is 0.831. The van der Waals surface area contributed by atoms with Crippen LogP contribution in [0.5, 0.6) is 5.75 Å². The largest absolute Gasteiger partial charge is 0.489 e. The summed E-state index contributed by atoms with van der Waals surface area (Å²) < 4.78 is 5.68. The maximum absolute atomic E-state index is 10.8. The van der Waals surface area contributed by atoms with E-state index in [1.54, 1.807) is 12.1 Å². The summed E-state index contributed by atoms with van der Waals surface area (Å²) in [5.74, 6) is 0.144. The number of carboxylic acid groups (broad SMARTS) is 1. The van der Waals surface area contributed by atoms with Gasteiger partial charge in [-0.2, -0.15) is 0 Å². The SMILES string of the molecule is C[C@@H](CNCC(=O)O)Cc1ccc(OCc2cccc([N+](=O)[O-])c2)cc1. The summed E-state index contributed by atoms with van der Waals surface area (Å²) in [4.78, 5) is 20.8. The maximum Gasteiger partial charge on any atom is 0.317 e. The van der Waals surface area contributed by atoms with E-state index < -0.39 is 10.9 Å². The molecule has 7 heteroatoms. The Morgan fingerprint density at radius 1 is 1.23 bits per heavy atom. The van der Waals surface area contributed by atoms with Gasteiger partial charge < -0.3 is 15.2 Å². The molecule has 0 spiro atoms. The van der Waals surface area contributed by atoms with Gasteiger partial charge in [0.05, 0.1) is 11.5 Å². The number of hydrogen-bond donors (Lipinski definition) is 2. The number of ether oxygens (including phenoxy) is 1. The van der Waals surface area contributed by atoms with Crippen LogP contribution in [-0.2, 0) is 17.8 Å². The van der Waals surface area contributed by atoms with E-state index in [0.717, 1.165) is 17.5 Å². The molecule has 0 aliphatic heterocycles. The smallest absolute Gasteiger partial charge is 0.317 e. The average molecular weight is 358 g/mol. The third-order valence-corrected chi connectivity index (χ3v) is 3.80. The molecule has 26 heavy (non-hydrogen) atoms. The number of nitro benzene ring substituents is 1. The lowest BCUT2D eigenvalue weighted by atomic mass is 10.0. The van der Waals surface area contributed by atoms with Crippen LogP contribution in [0.15, 0.2) is 48.5 Å². The standard InChI is InChI=1S/C19H22N2O5/c1-14(11-20-12-19(22)23)9-15-5-7-18(8-6-15)26-13-16-3-2-4-17(10-16)21(24)25/h2-8,10,14,20H,9,11-13H2,1H3,(H,22,23)/t14-/m1/s1. The summed E-state index contributed by atoms with van der Waals surface area (Å²) in [6, 6.07) is 14.0. The quantitative estimate of drug-likeness (QED) is 0.500. The van der Waals surface area contributed by atoms with Crippen molar-refractivity contribution in [3.05, 3.63) is 69.8 Å². The molecule has 2 aromatic rings. The van der Waals surface area contributed by atoms with Crippen molar-refractivity contribution in [3.8, 4) is 5.75 Å². The third kappa shape index (κ3) is 6.52. The van der Waals surface area contributed by atoms with Crippen LogP contribution < -0.4 is 10.1 Å². The number of benzene rings is 2. The Bertz CT molecular complexity index is 746. The Hall–Kier alpha value is -2.93. The highest BCUT2D eigenvalue weighted by Gasteiger charge is 2.07. The van der Waals surface area contributed by atoms with Crippen molar-refractivity contribution in [2.24, 2.45) is 5.92 Å². The summed E-state index contributed by atoms with van der Waals surface area (Å²) in [7, 11) is 0. The fourth-order valence-electron chi connectivity index (χ4n) is 2.55. The van der Waals surface area contributed by atoms with Crippen LogP contribution in [-0.4, -0.2) is 29.1 Å². The molecule has 0 heterocycles. The van der Waals surface area contributed by atoms with Crippen LogP contribution in [0.25, 0.3) is 0 Å². The highest BCUT2D eigenvalue weighted by atomic mass is 16.6. The van der Waals surface area contributed by atoms with E-state index in [4.69, 9.17) is 9.84 Å². The summed E-state index contributed by atoms with van der Waals surface area (Å²) in [6.45, 7) is 2.92. The molecule has 2 rings (SSSR count). The molecule has 0 fully saturated rings. The Morgan fingerprint density at radius 3 is 2.62 bits per heavy atom. The number of rotatable bonds is 10. The lowest BCUT2D eigenvalue weighted by Crippen LogP contribution is -2.27. The number of nitrogens with zero attached hydrogens (tertiary/aromatic N) is 1. The van der Waals surface area contributed by atoms with E-state index in [1.807, 2.05) is 24.3 Å². The van der Waals surface area contributed by atoms with Gasteiger partial charge in [-0.15, -0.1) is 0 Å². The minimum Gasteiger partial charge on any atom is -0.489 e. The first-order valence-corrected chi connectivity index (χ1v) is 8.31. The predicted octanol–water partition coefficient (Wildman–Crippen LogP) is 3.03. The van der Waals surface area contributed by atoms with Crippen molar-refractivity contribution in [2.45, 2.75) is 20.0 Å². The Morgan fingerprint density at radius 2 is 1.96 bits per heavy atom. The topological polar surface area (TPSA) is 102 Å². The van der Waals surface area contributed by atoms with E-state index in [1.165, 1.54) is 12.1 Å². The van der Waals surface area contributed by atoms with Gasteiger partial charge in [0.2, 0.25) is 0 Å². The van der Waals surface area contributed by atoms with Gasteiger partial charge in [0.1, 0.15) is 12.4 Å². The van der Waals surface area contributed by atoms with E-state index in [-0.39, 0.29) is 18.8 Å². The fraction of sp³-hybridized carbons (Fsp3) is 0.316. The van der Waals surface area contributed by atoms with Crippen molar-refractivity contribution < 1.29 is 19.6 Å². The van der Waals surface area contributed by atoms with Crippen LogP contribution in [0.3, 0.4) is 0 Å². The second kappa shape index (κ2) is 9.53. The van der Waals surface area contributed by atoms with Crippen LogP contribution in [0.1, 0.15) is 18.1 Å². The second-order valence-corrected chi connectivity index (χ2v) is 6.19. The third-order valence-electron chi connectivity index (χ3n) is 3.80. The van der Waals surface area contributed by atoms with Gasteiger partial charge >= 0.3 is 5.97 Å². The normalized spacial score (nSPS) is 11.7. The zero-order valence-corrected chi connectivity index (χ0v) is 14.6. The molecular formula is C19H22N2O5. The molecule has 0 saturated heterocycles. The molecule has 1 atom stereocenters. The number of carbonyl (C=O) groups is 1. The molecule has 138 valence electrons. The highest BCUT2D eigenvalue weighted by molar-refractivity contribution is 5.68. The number of non-ortho nitro benzene ring substituents is 1. The predicted molar refractivity (Wildman–Crippen MR) is 97.2 cm³/mol. The van der Waals surface area contributed by atoms with Gasteiger partial charge in [0.25, 0.3) is 5.69 Å². The Kier molecular flexibility index (Phi) is 7.11. The van der Waals surface area contributed by atoms with Gasteiger partial charge in [-0.05, 0) is 42.1 Å². The molecule has 0 aliphatic carbocycles. The van der Waals surface area contributed by atoms with Crippen molar-refractivity contribution in [3.63, 3.8) is 0 Å². The first-order valence-electron chi connectivity index (χ1n) is 8.31. The summed E-state index contributed by atoms with van der Waals surface area (Å²) in [5, 5.41) is 22.3. The average Bonchev–Trinajstić information content (AvgIpc) is 2.61. The minimum atomic E-state index is -0.859. The number of nitro groups is 1. The zero-order chi connectivity index (χ0) is 18.9. The molecule has 0 unspecified atom stereocenters. The molecule has 0 saturated carbocycles. The van der Waals surface area contributed by atoms with Crippen LogP contribution in [0, 0.1) is 16.0 Å². The lowest BCUT2D eigenvalue weighted by Gasteiger charge is -2.12. The first-order chi connectivity index (χ1) is 12.4. The number of hydrogen-bond acceptors (Lipinski definition) is 5. The van der Waals surface area contributed by atoms with Gasteiger partial charge in [0, 0.05) is 12.1 Å². The molecule has 0 bridgehead atoms. The van der Waals surface area contributed by atoms with E-state index in [2.05, 4.69) is 12.2 Å². The van der Waals surface area contributed by atoms with E-state index in [0.29, 0.717) is 18.2 Å². The van der Waals surface area contributed by atoms with Crippen molar-refractivity contribution in [1.82, 2.24) is 5.32 Å². The van der Waals surface area contributed by atoms with Gasteiger partial charge in [-0.25, -0.2) is 0 Å². The van der Waals surface area contributed by atoms with Gasteiger partial charge in [-0.1, -0.05) is 31.2 Å². The van der Waals surface area contributed by atoms with Crippen molar-refractivity contribution >= 4 is 11.7 Å². The van der Waals surface area contributed by atoms with Crippen LogP contribution in [0.4, 0.5) is 5.69 Å². The molecule has 0 aromatic heterocycles.